The standard InChI is InChI=1S/C19H27N3O2/c1-15-8-10-17(11-9-15)22-16(2)18(23)21(19(22)24)14-20-12-6-4-3-5-7-13-20/h8-11,16H,3-7,12-14H2,1-2H3/p+1/t16-/m1/s1. The molecule has 0 unspecified atom stereocenters. The van der Waals surface area contributed by atoms with Crippen LogP contribution in [-0.2, 0) is 4.79 Å². The molecule has 130 valence electrons. The molecule has 1 aromatic carbocycles. The summed E-state index contributed by atoms with van der Waals surface area (Å²) in [5.74, 6) is -0.0739. The van der Waals surface area contributed by atoms with Crippen LogP contribution < -0.4 is 9.80 Å². The maximum absolute atomic E-state index is 12.9. The normalized spacial score (nSPS) is 23.5. The van der Waals surface area contributed by atoms with Gasteiger partial charge in [0, 0.05) is 5.69 Å². The molecule has 24 heavy (non-hydrogen) atoms. The average Bonchev–Trinajstić information content (AvgIpc) is 2.74. The van der Waals surface area contributed by atoms with Gasteiger partial charge in [-0.1, -0.05) is 24.1 Å². The van der Waals surface area contributed by atoms with E-state index in [1.807, 2.05) is 38.1 Å². The van der Waals surface area contributed by atoms with Gasteiger partial charge < -0.3 is 4.90 Å². The minimum absolute atomic E-state index is 0.0739. The Balaban J connectivity index is 1.73. The first-order chi connectivity index (χ1) is 11.6. The van der Waals surface area contributed by atoms with Crippen molar-refractivity contribution in [2.75, 3.05) is 24.7 Å². The van der Waals surface area contributed by atoms with Crippen molar-refractivity contribution in [3.05, 3.63) is 29.8 Å². The van der Waals surface area contributed by atoms with E-state index in [-0.39, 0.29) is 11.9 Å². The van der Waals surface area contributed by atoms with E-state index in [4.69, 9.17) is 0 Å². The van der Waals surface area contributed by atoms with Crippen molar-refractivity contribution in [2.24, 2.45) is 0 Å². The molecule has 0 aliphatic carbocycles. The Hall–Kier alpha value is -1.88. The highest BCUT2D eigenvalue weighted by Crippen LogP contribution is 2.25. The predicted octanol–water partition coefficient (Wildman–Crippen LogP) is 1.96. The number of hydrogen-bond donors (Lipinski definition) is 1. The third-order valence-electron chi connectivity index (χ3n) is 5.20. The average molecular weight is 330 g/mol. The number of benzene rings is 1. The van der Waals surface area contributed by atoms with Gasteiger partial charge in [0.25, 0.3) is 5.91 Å². The zero-order valence-electron chi connectivity index (χ0n) is 14.8. The summed E-state index contributed by atoms with van der Waals surface area (Å²) in [6.45, 7) is 6.45. The van der Waals surface area contributed by atoms with Crippen LogP contribution in [0.4, 0.5) is 10.5 Å². The Morgan fingerprint density at radius 2 is 1.58 bits per heavy atom. The molecular weight excluding hydrogens is 302 g/mol. The van der Waals surface area contributed by atoms with Gasteiger partial charge in [0.05, 0.1) is 13.1 Å². The zero-order valence-corrected chi connectivity index (χ0v) is 14.8. The first-order valence-corrected chi connectivity index (χ1v) is 9.13. The van der Waals surface area contributed by atoms with Crippen molar-refractivity contribution >= 4 is 17.6 Å². The Morgan fingerprint density at radius 1 is 1.00 bits per heavy atom. The molecule has 5 nitrogen and oxygen atoms in total. The molecule has 2 saturated heterocycles. The Morgan fingerprint density at radius 3 is 2.21 bits per heavy atom. The lowest BCUT2D eigenvalue weighted by Gasteiger charge is -2.25. The maximum Gasteiger partial charge on any atom is 0.336 e. The van der Waals surface area contributed by atoms with Crippen LogP contribution in [0.2, 0.25) is 0 Å². The van der Waals surface area contributed by atoms with Crippen LogP contribution in [0.25, 0.3) is 0 Å². The van der Waals surface area contributed by atoms with Crippen LogP contribution in [0.3, 0.4) is 0 Å². The quantitative estimate of drug-likeness (QED) is 0.861. The first kappa shape index (κ1) is 17.0. The molecule has 2 aliphatic heterocycles. The van der Waals surface area contributed by atoms with E-state index < -0.39 is 6.04 Å². The fraction of sp³-hybridized carbons (Fsp3) is 0.579. The highest BCUT2D eigenvalue weighted by molar-refractivity contribution is 6.13. The highest BCUT2D eigenvalue weighted by atomic mass is 16.2. The lowest BCUT2D eigenvalue weighted by Crippen LogP contribution is -3.13. The van der Waals surface area contributed by atoms with Crippen molar-refractivity contribution in [1.82, 2.24) is 4.90 Å². The fourth-order valence-electron chi connectivity index (χ4n) is 3.70. The molecule has 1 aromatic rings. The van der Waals surface area contributed by atoms with Gasteiger partial charge in [0.15, 0.2) is 6.67 Å². The van der Waals surface area contributed by atoms with Crippen molar-refractivity contribution < 1.29 is 14.5 Å². The van der Waals surface area contributed by atoms with Gasteiger partial charge in [0.2, 0.25) is 0 Å². The number of anilines is 1. The number of aryl methyl sites for hydroxylation is 1. The molecule has 3 rings (SSSR count). The summed E-state index contributed by atoms with van der Waals surface area (Å²) in [4.78, 5) is 29.9. The fourth-order valence-corrected chi connectivity index (χ4v) is 3.70. The summed E-state index contributed by atoms with van der Waals surface area (Å²) < 4.78 is 0. The third kappa shape index (κ3) is 3.46. The maximum atomic E-state index is 12.9. The second-order valence-corrected chi connectivity index (χ2v) is 7.11. The number of imide groups is 1. The Bertz CT molecular complexity index is 591. The summed E-state index contributed by atoms with van der Waals surface area (Å²) in [6, 6.07) is 7.20. The molecule has 2 aliphatic rings. The number of nitrogens with zero attached hydrogens (tertiary/aromatic N) is 2. The van der Waals surface area contributed by atoms with Crippen LogP contribution in [0.5, 0.6) is 0 Å². The molecule has 0 radical (unpaired) electrons. The monoisotopic (exact) mass is 330 g/mol. The number of quaternary nitrogens is 1. The van der Waals surface area contributed by atoms with E-state index >= 15 is 0 Å². The summed E-state index contributed by atoms with van der Waals surface area (Å²) in [5.41, 5.74) is 1.95. The molecule has 0 saturated carbocycles. The van der Waals surface area contributed by atoms with E-state index in [9.17, 15) is 9.59 Å². The second kappa shape index (κ2) is 7.34. The summed E-state index contributed by atoms with van der Waals surface area (Å²) in [6.07, 6.45) is 6.20. The van der Waals surface area contributed by atoms with Gasteiger partial charge >= 0.3 is 6.03 Å². The van der Waals surface area contributed by atoms with E-state index in [2.05, 4.69) is 0 Å². The van der Waals surface area contributed by atoms with E-state index in [0.29, 0.717) is 6.67 Å². The van der Waals surface area contributed by atoms with E-state index in [0.717, 1.165) is 24.3 Å². The van der Waals surface area contributed by atoms with Crippen molar-refractivity contribution in [1.29, 1.82) is 0 Å². The lowest BCUT2D eigenvalue weighted by molar-refractivity contribution is -0.908. The molecule has 3 amide bonds. The lowest BCUT2D eigenvalue weighted by atomic mass is 10.1. The number of likely N-dealkylation sites (tertiary alicyclic amines) is 1. The van der Waals surface area contributed by atoms with Crippen LogP contribution in [0, 0.1) is 6.92 Å². The molecule has 0 spiro atoms. The summed E-state index contributed by atoms with van der Waals surface area (Å²) >= 11 is 0. The Kier molecular flexibility index (Phi) is 5.19. The zero-order chi connectivity index (χ0) is 17.1. The van der Waals surface area contributed by atoms with E-state index in [1.165, 1.54) is 41.9 Å². The molecule has 0 aromatic heterocycles. The topological polar surface area (TPSA) is 45.1 Å². The van der Waals surface area contributed by atoms with Gasteiger partial charge in [-0.2, -0.15) is 0 Å². The molecular formula is C19H28N3O2+. The van der Waals surface area contributed by atoms with Crippen molar-refractivity contribution in [2.45, 2.75) is 52.0 Å². The van der Waals surface area contributed by atoms with Crippen molar-refractivity contribution in [3.63, 3.8) is 0 Å². The van der Waals surface area contributed by atoms with Crippen molar-refractivity contribution in [3.8, 4) is 0 Å². The molecule has 0 bridgehead atoms. The summed E-state index contributed by atoms with van der Waals surface area (Å²) in [5, 5.41) is 0. The summed E-state index contributed by atoms with van der Waals surface area (Å²) in [7, 11) is 0. The molecule has 2 heterocycles. The van der Waals surface area contributed by atoms with Crippen LogP contribution in [0.15, 0.2) is 24.3 Å². The van der Waals surface area contributed by atoms with Gasteiger partial charge in [-0.3, -0.25) is 9.69 Å². The first-order valence-electron chi connectivity index (χ1n) is 9.13. The second-order valence-electron chi connectivity index (χ2n) is 7.11. The van der Waals surface area contributed by atoms with Gasteiger partial charge in [0.1, 0.15) is 6.04 Å². The largest absolute Gasteiger partial charge is 0.336 e. The van der Waals surface area contributed by atoms with Gasteiger partial charge in [-0.25, -0.2) is 9.69 Å². The number of urea groups is 1. The molecule has 2 fully saturated rings. The Labute approximate surface area is 144 Å². The number of hydrogen-bond acceptors (Lipinski definition) is 2. The number of amides is 3. The number of rotatable bonds is 3. The molecule has 1 N–H and O–H groups in total. The third-order valence-corrected chi connectivity index (χ3v) is 5.20. The van der Waals surface area contributed by atoms with E-state index in [1.54, 1.807) is 4.90 Å². The minimum Gasteiger partial charge on any atom is -0.317 e. The SMILES string of the molecule is Cc1ccc(N2C(=O)N(C[NH+]3CCCCCCC3)C(=O)[C@H]2C)cc1. The number of nitrogens with one attached hydrogen (secondary N) is 1. The smallest absolute Gasteiger partial charge is 0.317 e. The van der Waals surface area contributed by atoms with Crippen LogP contribution >= 0.6 is 0 Å². The van der Waals surface area contributed by atoms with Crippen LogP contribution in [0.1, 0.15) is 44.6 Å². The van der Waals surface area contributed by atoms with Crippen LogP contribution in [-0.4, -0.2) is 42.6 Å². The van der Waals surface area contributed by atoms with Gasteiger partial charge in [-0.05, 0) is 51.7 Å². The highest BCUT2D eigenvalue weighted by Gasteiger charge is 2.44. The minimum atomic E-state index is -0.422. The predicted molar refractivity (Wildman–Crippen MR) is 94.0 cm³/mol. The molecule has 5 heteroatoms. The number of carbonyl (C=O) groups is 2. The number of carbonyl (C=O) groups excluding carboxylic acids is 2. The molecule has 1 atom stereocenters. The van der Waals surface area contributed by atoms with Gasteiger partial charge in [-0.15, -0.1) is 0 Å².